The van der Waals surface area contributed by atoms with Crippen molar-refractivity contribution in [1.82, 2.24) is 4.98 Å². The van der Waals surface area contributed by atoms with Crippen molar-refractivity contribution < 1.29 is 17.2 Å². The summed E-state index contributed by atoms with van der Waals surface area (Å²) in [6, 6.07) is 4.34. The molecule has 2 rings (SSSR count). The number of nitrogens with one attached hydrogen (secondary N) is 1. The Morgan fingerprint density at radius 1 is 1.19 bits per heavy atom. The van der Waals surface area contributed by atoms with Crippen LogP contribution in [0.2, 0.25) is 0 Å². The second-order valence-corrected chi connectivity index (χ2v) is 6.73. The Bertz CT molecular complexity index is 763. The Balaban J connectivity index is 2.31. The van der Waals surface area contributed by atoms with E-state index in [1.807, 2.05) is 0 Å². The van der Waals surface area contributed by atoms with E-state index < -0.39 is 27.5 Å². The molecule has 0 bridgehead atoms. The van der Waals surface area contributed by atoms with E-state index in [9.17, 15) is 17.2 Å². The number of aromatic nitrogens is 1. The fraction of sp³-hybridized carbons (Fsp3) is 0.214. The Hall–Kier alpha value is -2.02. The summed E-state index contributed by atoms with van der Waals surface area (Å²) in [5, 5.41) is 2.82. The van der Waals surface area contributed by atoms with Crippen LogP contribution in [0.4, 0.5) is 14.5 Å². The molecule has 0 fully saturated rings. The van der Waals surface area contributed by atoms with Gasteiger partial charge in [0, 0.05) is 12.5 Å². The first-order chi connectivity index (χ1) is 9.77. The van der Waals surface area contributed by atoms with Gasteiger partial charge in [0.2, 0.25) is 0 Å². The average Bonchev–Trinajstić information content (AvgIpc) is 2.40. The summed E-state index contributed by atoms with van der Waals surface area (Å²) >= 11 is 0. The molecule has 1 N–H and O–H groups in total. The van der Waals surface area contributed by atoms with Crippen LogP contribution < -0.4 is 5.32 Å². The van der Waals surface area contributed by atoms with Crippen molar-refractivity contribution in [1.29, 1.82) is 0 Å². The number of hydrogen-bond donors (Lipinski definition) is 1. The number of pyridine rings is 1. The number of benzene rings is 1. The highest BCUT2D eigenvalue weighted by atomic mass is 32.2. The molecule has 0 saturated carbocycles. The highest BCUT2D eigenvalue weighted by Gasteiger charge is 2.14. The van der Waals surface area contributed by atoms with E-state index in [1.165, 1.54) is 24.4 Å². The van der Waals surface area contributed by atoms with Gasteiger partial charge in [0.05, 0.1) is 22.8 Å². The lowest BCUT2D eigenvalue weighted by Gasteiger charge is -2.16. The van der Waals surface area contributed by atoms with E-state index in [0.29, 0.717) is 5.56 Å². The molecule has 1 heterocycles. The van der Waals surface area contributed by atoms with Gasteiger partial charge in [-0.05, 0) is 36.8 Å². The minimum atomic E-state index is -3.43. The molecule has 1 atom stereocenters. The van der Waals surface area contributed by atoms with Crippen molar-refractivity contribution in [3.63, 3.8) is 0 Å². The van der Waals surface area contributed by atoms with Crippen LogP contribution in [-0.4, -0.2) is 19.7 Å². The minimum absolute atomic E-state index is 0.0102. The fourth-order valence-corrected chi connectivity index (χ4v) is 2.47. The van der Waals surface area contributed by atoms with E-state index in [0.717, 1.165) is 18.5 Å². The standard InChI is InChI=1S/C14H14F2N2O2S/c1-9(10-5-11(15)8-17-7-10)18-14-6-12(21(2,19)20)3-4-13(14)16/h3-9,18H,1-2H3. The molecule has 0 spiro atoms. The van der Waals surface area contributed by atoms with Crippen molar-refractivity contribution in [3.05, 3.63) is 53.9 Å². The zero-order valence-electron chi connectivity index (χ0n) is 11.5. The molecular weight excluding hydrogens is 298 g/mol. The second-order valence-electron chi connectivity index (χ2n) is 4.72. The summed E-state index contributed by atoms with van der Waals surface area (Å²) in [5.41, 5.74) is 0.564. The van der Waals surface area contributed by atoms with Crippen LogP contribution in [0.3, 0.4) is 0 Å². The molecule has 1 aromatic heterocycles. The molecule has 112 valence electrons. The van der Waals surface area contributed by atoms with Gasteiger partial charge in [0.15, 0.2) is 9.84 Å². The first-order valence-corrected chi connectivity index (χ1v) is 8.03. The fourth-order valence-electron chi connectivity index (χ4n) is 1.83. The number of anilines is 1. The summed E-state index contributed by atoms with van der Waals surface area (Å²) in [6.07, 6.45) is 3.57. The predicted molar refractivity (Wildman–Crippen MR) is 75.7 cm³/mol. The van der Waals surface area contributed by atoms with Crippen LogP contribution in [-0.2, 0) is 9.84 Å². The minimum Gasteiger partial charge on any atom is -0.376 e. The van der Waals surface area contributed by atoms with Gasteiger partial charge in [-0.1, -0.05) is 0 Å². The smallest absolute Gasteiger partial charge is 0.175 e. The van der Waals surface area contributed by atoms with Crippen molar-refractivity contribution >= 4 is 15.5 Å². The van der Waals surface area contributed by atoms with Gasteiger partial charge < -0.3 is 5.32 Å². The van der Waals surface area contributed by atoms with Gasteiger partial charge in [-0.3, -0.25) is 4.98 Å². The van der Waals surface area contributed by atoms with Gasteiger partial charge in [-0.15, -0.1) is 0 Å². The van der Waals surface area contributed by atoms with E-state index in [4.69, 9.17) is 0 Å². The first kappa shape index (κ1) is 15.4. The third kappa shape index (κ3) is 3.75. The van der Waals surface area contributed by atoms with E-state index in [-0.39, 0.29) is 10.6 Å². The largest absolute Gasteiger partial charge is 0.376 e. The Morgan fingerprint density at radius 2 is 1.90 bits per heavy atom. The second kappa shape index (κ2) is 5.77. The van der Waals surface area contributed by atoms with E-state index in [2.05, 4.69) is 10.3 Å². The summed E-state index contributed by atoms with van der Waals surface area (Å²) in [4.78, 5) is 3.73. The maximum atomic E-state index is 13.8. The van der Waals surface area contributed by atoms with Gasteiger partial charge >= 0.3 is 0 Å². The Kier molecular flexibility index (Phi) is 4.22. The van der Waals surface area contributed by atoms with Crippen molar-refractivity contribution in [2.24, 2.45) is 0 Å². The quantitative estimate of drug-likeness (QED) is 0.882. The van der Waals surface area contributed by atoms with E-state index >= 15 is 0 Å². The van der Waals surface area contributed by atoms with Crippen LogP contribution >= 0.6 is 0 Å². The SMILES string of the molecule is CC(Nc1cc(S(C)(=O)=O)ccc1F)c1cncc(F)c1. The molecule has 0 aliphatic heterocycles. The maximum absolute atomic E-state index is 13.8. The summed E-state index contributed by atoms with van der Waals surface area (Å²) in [6.45, 7) is 1.70. The Morgan fingerprint density at radius 3 is 2.52 bits per heavy atom. The van der Waals surface area contributed by atoms with Crippen LogP contribution in [0.1, 0.15) is 18.5 Å². The molecule has 1 unspecified atom stereocenters. The van der Waals surface area contributed by atoms with Crippen molar-refractivity contribution in [2.45, 2.75) is 17.9 Å². The molecule has 4 nitrogen and oxygen atoms in total. The average molecular weight is 312 g/mol. The summed E-state index contributed by atoms with van der Waals surface area (Å²) in [5.74, 6) is -1.08. The van der Waals surface area contributed by atoms with Crippen LogP contribution in [0.15, 0.2) is 41.6 Å². The topological polar surface area (TPSA) is 59.1 Å². The van der Waals surface area contributed by atoms with Crippen LogP contribution in [0, 0.1) is 11.6 Å². The first-order valence-electron chi connectivity index (χ1n) is 6.14. The van der Waals surface area contributed by atoms with Crippen molar-refractivity contribution in [2.75, 3.05) is 11.6 Å². The molecule has 0 radical (unpaired) electrons. The molecular formula is C14H14F2N2O2S. The predicted octanol–water partition coefficient (Wildman–Crippen LogP) is 2.94. The number of rotatable bonds is 4. The van der Waals surface area contributed by atoms with Gasteiger partial charge in [0.25, 0.3) is 0 Å². The lowest BCUT2D eigenvalue weighted by atomic mass is 10.1. The third-order valence-electron chi connectivity index (χ3n) is 2.96. The Labute approximate surface area is 121 Å². The molecule has 0 aliphatic carbocycles. The molecule has 0 amide bonds. The zero-order chi connectivity index (χ0) is 15.6. The summed E-state index contributed by atoms with van der Waals surface area (Å²) in [7, 11) is -3.43. The number of halogens is 2. The molecule has 21 heavy (non-hydrogen) atoms. The molecule has 7 heteroatoms. The monoisotopic (exact) mass is 312 g/mol. The lowest BCUT2D eigenvalue weighted by Crippen LogP contribution is -2.09. The molecule has 2 aromatic rings. The van der Waals surface area contributed by atoms with Crippen molar-refractivity contribution in [3.8, 4) is 0 Å². The zero-order valence-corrected chi connectivity index (χ0v) is 12.3. The summed E-state index contributed by atoms with van der Waals surface area (Å²) < 4.78 is 49.9. The van der Waals surface area contributed by atoms with Gasteiger partial charge in [-0.25, -0.2) is 17.2 Å². The third-order valence-corrected chi connectivity index (χ3v) is 4.07. The van der Waals surface area contributed by atoms with E-state index in [1.54, 1.807) is 6.92 Å². The number of hydrogen-bond acceptors (Lipinski definition) is 4. The number of sulfone groups is 1. The molecule has 1 aromatic carbocycles. The highest BCUT2D eigenvalue weighted by molar-refractivity contribution is 7.90. The van der Waals surface area contributed by atoms with Crippen LogP contribution in [0.25, 0.3) is 0 Å². The highest BCUT2D eigenvalue weighted by Crippen LogP contribution is 2.24. The number of nitrogens with zero attached hydrogens (tertiary/aromatic N) is 1. The van der Waals surface area contributed by atoms with Crippen LogP contribution in [0.5, 0.6) is 0 Å². The molecule has 0 aliphatic rings. The molecule has 0 saturated heterocycles. The maximum Gasteiger partial charge on any atom is 0.175 e. The lowest BCUT2D eigenvalue weighted by molar-refractivity contribution is 0.600. The normalized spacial score (nSPS) is 13.0. The van der Waals surface area contributed by atoms with Gasteiger partial charge in [0.1, 0.15) is 11.6 Å². The van der Waals surface area contributed by atoms with Gasteiger partial charge in [-0.2, -0.15) is 0 Å².